The number of aromatic nitrogens is 2. The molecular formula is C12H12ClN3O2S2. The van der Waals surface area contributed by atoms with E-state index < -0.39 is 9.84 Å². The number of anilines is 1. The number of benzene rings is 1. The van der Waals surface area contributed by atoms with Crippen molar-refractivity contribution in [3.05, 3.63) is 35.5 Å². The minimum atomic E-state index is -3.18. The van der Waals surface area contributed by atoms with E-state index in [4.69, 9.17) is 11.6 Å². The van der Waals surface area contributed by atoms with Crippen LogP contribution in [0.4, 0.5) is 5.95 Å². The van der Waals surface area contributed by atoms with Gasteiger partial charge in [-0.2, -0.15) is 0 Å². The molecule has 0 bridgehead atoms. The van der Waals surface area contributed by atoms with Crippen molar-refractivity contribution in [3.63, 3.8) is 0 Å². The van der Waals surface area contributed by atoms with Gasteiger partial charge in [0.1, 0.15) is 5.03 Å². The van der Waals surface area contributed by atoms with Crippen LogP contribution < -0.4 is 5.32 Å². The first-order valence-electron chi connectivity index (χ1n) is 5.58. The Balaban J connectivity index is 2.26. The van der Waals surface area contributed by atoms with Crippen molar-refractivity contribution < 1.29 is 8.42 Å². The third-order valence-electron chi connectivity index (χ3n) is 2.40. The zero-order valence-corrected chi connectivity index (χ0v) is 13.2. The summed E-state index contributed by atoms with van der Waals surface area (Å²) < 4.78 is 22.8. The molecule has 1 heterocycles. The summed E-state index contributed by atoms with van der Waals surface area (Å²) in [5.41, 5.74) is 0. The molecule has 0 saturated heterocycles. The molecule has 1 aromatic heterocycles. The molecule has 0 aliphatic carbocycles. The third kappa shape index (κ3) is 3.62. The van der Waals surface area contributed by atoms with Crippen molar-refractivity contribution in [2.45, 2.75) is 14.8 Å². The van der Waals surface area contributed by atoms with E-state index in [-0.39, 0.29) is 4.90 Å². The number of hydrogen-bond donors (Lipinski definition) is 1. The lowest BCUT2D eigenvalue weighted by Gasteiger charge is -2.06. The number of nitrogens with one attached hydrogen (secondary N) is 1. The first-order chi connectivity index (χ1) is 9.40. The van der Waals surface area contributed by atoms with Gasteiger partial charge in [0, 0.05) is 18.2 Å². The third-order valence-corrected chi connectivity index (χ3v) is 4.93. The number of hydrogen-bond acceptors (Lipinski definition) is 6. The summed E-state index contributed by atoms with van der Waals surface area (Å²) in [6, 6.07) is 6.56. The van der Waals surface area contributed by atoms with E-state index in [9.17, 15) is 8.42 Å². The Hall–Kier alpha value is -1.31. The van der Waals surface area contributed by atoms with Gasteiger partial charge in [-0.05, 0) is 24.3 Å². The summed E-state index contributed by atoms with van der Waals surface area (Å²) >= 11 is 7.38. The Kier molecular flexibility index (Phi) is 4.52. The van der Waals surface area contributed by atoms with Crippen molar-refractivity contribution in [2.75, 3.05) is 18.6 Å². The normalized spacial score (nSPS) is 11.3. The predicted octanol–water partition coefficient (Wildman–Crippen LogP) is 2.73. The van der Waals surface area contributed by atoms with E-state index in [1.807, 2.05) is 0 Å². The second-order valence-electron chi connectivity index (χ2n) is 3.94. The molecule has 0 spiro atoms. The van der Waals surface area contributed by atoms with Gasteiger partial charge in [0.2, 0.25) is 5.95 Å². The second kappa shape index (κ2) is 5.99. The standard InChI is InChI=1S/C12H12ClN3O2S2/c1-14-12-15-7-10(13)11(16-12)19-8-3-5-9(6-4-8)20(2,17)18/h3-7H,1-2H3,(H,14,15,16). The molecule has 1 aromatic carbocycles. The average Bonchev–Trinajstić information content (AvgIpc) is 2.41. The summed E-state index contributed by atoms with van der Waals surface area (Å²) in [6.07, 6.45) is 2.70. The summed E-state index contributed by atoms with van der Waals surface area (Å²) in [6.45, 7) is 0. The van der Waals surface area contributed by atoms with Gasteiger partial charge >= 0.3 is 0 Å². The lowest BCUT2D eigenvalue weighted by Crippen LogP contribution is -1.97. The molecule has 2 aromatic rings. The molecule has 8 heteroatoms. The van der Waals surface area contributed by atoms with Gasteiger partial charge < -0.3 is 5.32 Å². The SMILES string of the molecule is CNc1ncc(Cl)c(Sc2ccc(S(C)(=O)=O)cc2)n1. The van der Waals surface area contributed by atoms with Crippen molar-refractivity contribution in [2.24, 2.45) is 0 Å². The lowest BCUT2D eigenvalue weighted by molar-refractivity contribution is 0.602. The van der Waals surface area contributed by atoms with Crippen LogP contribution in [0.15, 0.2) is 45.3 Å². The molecule has 0 aliphatic rings. The highest BCUT2D eigenvalue weighted by Gasteiger charge is 2.09. The topological polar surface area (TPSA) is 72.0 Å². The van der Waals surface area contributed by atoms with Crippen LogP contribution in [0, 0.1) is 0 Å². The Bertz CT molecular complexity index is 718. The van der Waals surface area contributed by atoms with Crippen LogP contribution in [-0.2, 0) is 9.84 Å². The van der Waals surface area contributed by atoms with Crippen LogP contribution in [-0.4, -0.2) is 31.7 Å². The highest BCUT2D eigenvalue weighted by atomic mass is 35.5. The minimum absolute atomic E-state index is 0.284. The second-order valence-corrected chi connectivity index (χ2v) is 7.43. The van der Waals surface area contributed by atoms with Gasteiger partial charge in [-0.15, -0.1) is 0 Å². The minimum Gasteiger partial charge on any atom is -0.357 e. The zero-order chi connectivity index (χ0) is 14.8. The van der Waals surface area contributed by atoms with Crippen LogP contribution in [0.3, 0.4) is 0 Å². The number of rotatable bonds is 4. The largest absolute Gasteiger partial charge is 0.357 e. The molecule has 5 nitrogen and oxygen atoms in total. The van der Waals surface area contributed by atoms with Gasteiger partial charge in [0.15, 0.2) is 9.84 Å². The molecular weight excluding hydrogens is 318 g/mol. The molecule has 20 heavy (non-hydrogen) atoms. The van der Waals surface area contributed by atoms with Crippen molar-refractivity contribution in [1.82, 2.24) is 9.97 Å². The van der Waals surface area contributed by atoms with Gasteiger partial charge in [-0.25, -0.2) is 18.4 Å². The van der Waals surface area contributed by atoms with Crippen molar-refractivity contribution in [1.29, 1.82) is 0 Å². The number of halogens is 1. The molecule has 0 radical (unpaired) electrons. The van der Waals surface area contributed by atoms with Crippen LogP contribution in [0.25, 0.3) is 0 Å². The molecule has 0 atom stereocenters. The Labute approximate surface area is 126 Å². The summed E-state index contributed by atoms with van der Waals surface area (Å²) in [4.78, 5) is 9.38. The van der Waals surface area contributed by atoms with Crippen LogP contribution in [0.1, 0.15) is 0 Å². The molecule has 0 amide bonds. The monoisotopic (exact) mass is 329 g/mol. The fourth-order valence-electron chi connectivity index (χ4n) is 1.41. The summed E-state index contributed by atoms with van der Waals surface area (Å²) in [5.74, 6) is 0.477. The molecule has 106 valence electrons. The Morgan fingerprint density at radius 1 is 1.25 bits per heavy atom. The Morgan fingerprint density at radius 2 is 1.90 bits per heavy atom. The predicted molar refractivity (Wildman–Crippen MR) is 80.3 cm³/mol. The van der Waals surface area contributed by atoms with Gasteiger partial charge in [0.25, 0.3) is 0 Å². The van der Waals surface area contributed by atoms with E-state index in [0.29, 0.717) is 16.0 Å². The highest BCUT2D eigenvalue weighted by Crippen LogP contribution is 2.32. The summed E-state index contributed by atoms with van der Waals surface area (Å²) in [5, 5.41) is 3.89. The van der Waals surface area contributed by atoms with Gasteiger partial charge in [-0.1, -0.05) is 23.4 Å². The van der Waals surface area contributed by atoms with Crippen LogP contribution in [0.2, 0.25) is 5.02 Å². The molecule has 1 N–H and O–H groups in total. The van der Waals surface area contributed by atoms with Gasteiger partial charge in [0.05, 0.1) is 16.1 Å². The molecule has 0 unspecified atom stereocenters. The Morgan fingerprint density at radius 3 is 2.45 bits per heavy atom. The van der Waals surface area contributed by atoms with Crippen molar-refractivity contribution in [3.8, 4) is 0 Å². The molecule has 2 rings (SSSR count). The first kappa shape index (κ1) is 15.1. The molecule has 0 saturated carbocycles. The average molecular weight is 330 g/mol. The lowest BCUT2D eigenvalue weighted by atomic mass is 10.4. The molecule has 0 aliphatic heterocycles. The van der Waals surface area contributed by atoms with E-state index in [2.05, 4.69) is 15.3 Å². The maximum atomic E-state index is 11.4. The first-order valence-corrected chi connectivity index (χ1v) is 8.67. The zero-order valence-electron chi connectivity index (χ0n) is 10.8. The van der Waals surface area contributed by atoms with E-state index in [1.54, 1.807) is 31.3 Å². The van der Waals surface area contributed by atoms with E-state index in [1.165, 1.54) is 24.2 Å². The number of nitrogens with zero attached hydrogens (tertiary/aromatic N) is 2. The fraction of sp³-hybridized carbons (Fsp3) is 0.167. The number of sulfone groups is 1. The molecule has 0 fully saturated rings. The fourth-order valence-corrected chi connectivity index (χ4v) is 3.03. The highest BCUT2D eigenvalue weighted by molar-refractivity contribution is 7.99. The quantitative estimate of drug-likeness (QED) is 0.870. The summed E-state index contributed by atoms with van der Waals surface area (Å²) in [7, 11) is -1.46. The van der Waals surface area contributed by atoms with Crippen molar-refractivity contribution >= 4 is 39.1 Å². The maximum Gasteiger partial charge on any atom is 0.223 e. The smallest absolute Gasteiger partial charge is 0.223 e. The van der Waals surface area contributed by atoms with E-state index in [0.717, 1.165) is 4.90 Å². The maximum absolute atomic E-state index is 11.4. The van der Waals surface area contributed by atoms with Crippen LogP contribution in [0.5, 0.6) is 0 Å². The van der Waals surface area contributed by atoms with Crippen LogP contribution >= 0.6 is 23.4 Å². The van der Waals surface area contributed by atoms with E-state index >= 15 is 0 Å². The van der Waals surface area contributed by atoms with Gasteiger partial charge in [-0.3, -0.25) is 0 Å².